The largest absolute Gasteiger partial charge is 0.466 e. The smallest absolute Gasteiger partial charge is 0.306 e. The van der Waals surface area contributed by atoms with E-state index in [0.29, 0.717) is 25.9 Å². The lowest BCUT2D eigenvalue weighted by molar-refractivity contribution is -0.169. The molecule has 0 heterocycles. The lowest BCUT2D eigenvalue weighted by Gasteiger charge is -2.27. The Balaban J connectivity index is 4.91. The zero-order valence-electron chi connectivity index (χ0n) is 36.7. The second-order valence-electron chi connectivity index (χ2n) is 16.4. The molecule has 0 spiro atoms. The van der Waals surface area contributed by atoms with Gasteiger partial charge in [0.1, 0.15) is 12.2 Å². The van der Waals surface area contributed by atoms with Crippen LogP contribution in [0, 0.1) is 0 Å². The molecule has 6 heteroatoms. The predicted molar refractivity (Wildman–Crippen MR) is 229 cm³/mol. The molecule has 0 fully saturated rings. The maximum atomic E-state index is 13.2. The Kier molecular flexibility index (Phi) is 41.3. The summed E-state index contributed by atoms with van der Waals surface area (Å²) in [4.78, 5) is 38.4. The highest BCUT2D eigenvalue weighted by molar-refractivity contribution is 5.70. The molecule has 0 aromatic heterocycles. The highest BCUT2D eigenvalue weighted by Crippen LogP contribution is 2.23. The maximum Gasteiger partial charge on any atom is 0.306 e. The third-order valence-corrected chi connectivity index (χ3v) is 10.9. The van der Waals surface area contributed by atoms with Gasteiger partial charge >= 0.3 is 17.9 Å². The fourth-order valence-electron chi connectivity index (χ4n) is 7.31. The molecule has 2 atom stereocenters. The van der Waals surface area contributed by atoms with E-state index in [2.05, 4.69) is 27.7 Å². The standard InChI is InChI=1S/C48H92O6/c1-5-9-13-17-21-28-34-40-46(49)52-43-37-31-25-24-27-33-39-45(54-48(51)42-36-30-23-19-15-11-7-3)44(38-32-26-20-16-12-8-4)53-47(50)41-35-29-22-18-14-10-6-2/h44-45H,5-43H2,1-4H3. The molecule has 0 N–H and O–H groups in total. The second-order valence-corrected chi connectivity index (χ2v) is 16.4. The highest BCUT2D eigenvalue weighted by atomic mass is 16.6. The van der Waals surface area contributed by atoms with Gasteiger partial charge in [0, 0.05) is 19.3 Å². The predicted octanol–water partition coefficient (Wildman–Crippen LogP) is 15.3. The van der Waals surface area contributed by atoms with E-state index in [0.717, 1.165) is 103 Å². The maximum absolute atomic E-state index is 13.2. The SMILES string of the molecule is CCCCCCCCCC(=O)OCCCCCCCCC(OC(=O)CCCCCCCCC)C(CCCCCCCC)OC(=O)CCCCCCCCC. The van der Waals surface area contributed by atoms with Gasteiger partial charge < -0.3 is 14.2 Å². The van der Waals surface area contributed by atoms with Crippen LogP contribution in [-0.4, -0.2) is 36.7 Å². The van der Waals surface area contributed by atoms with Crippen molar-refractivity contribution >= 4 is 17.9 Å². The molecule has 54 heavy (non-hydrogen) atoms. The topological polar surface area (TPSA) is 78.9 Å². The minimum absolute atomic E-state index is 0.0465. The zero-order valence-corrected chi connectivity index (χ0v) is 36.7. The Morgan fingerprint density at radius 1 is 0.315 bits per heavy atom. The van der Waals surface area contributed by atoms with Gasteiger partial charge in [0.25, 0.3) is 0 Å². The summed E-state index contributed by atoms with van der Waals surface area (Å²) in [5.41, 5.74) is 0. The van der Waals surface area contributed by atoms with Crippen LogP contribution < -0.4 is 0 Å². The zero-order chi connectivity index (χ0) is 39.6. The van der Waals surface area contributed by atoms with Crippen LogP contribution in [0.5, 0.6) is 0 Å². The van der Waals surface area contributed by atoms with E-state index in [4.69, 9.17) is 14.2 Å². The molecule has 0 aliphatic carbocycles. The molecule has 0 saturated heterocycles. The van der Waals surface area contributed by atoms with Crippen LogP contribution >= 0.6 is 0 Å². The molecule has 320 valence electrons. The van der Waals surface area contributed by atoms with E-state index in [1.54, 1.807) is 0 Å². The van der Waals surface area contributed by atoms with Crippen molar-refractivity contribution in [2.75, 3.05) is 6.61 Å². The molecular formula is C48H92O6. The molecule has 2 unspecified atom stereocenters. The van der Waals surface area contributed by atoms with E-state index in [9.17, 15) is 14.4 Å². The number of carbonyl (C=O) groups excluding carboxylic acids is 3. The fraction of sp³-hybridized carbons (Fsp3) is 0.938. The minimum Gasteiger partial charge on any atom is -0.466 e. The summed E-state index contributed by atoms with van der Waals surface area (Å²) < 4.78 is 17.9. The first kappa shape index (κ1) is 52.4. The third-order valence-electron chi connectivity index (χ3n) is 10.9. The number of carbonyl (C=O) groups is 3. The molecule has 0 bridgehead atoms. The van der Waals surface area contributed by atoms with Gasteiger partial charge in [-0.15, -0.1) is 0 Å². The molecule has 0 amide bonds. The number of hydrogen-bond donors (Lipinski definition) is 0. The van der Waals surface area contributed by atoms with Crippen molar-refractivity contribution in [2.45, 2.75) is 284 Å². The average Bonchev–Trinajstić information content (AvgIpc) is 3.16. The summed E-state index contributed by atoms with van der Waals surface area (Å²) >= 11 is 0. The van der Waals surface area contributed by atoms with Gasteiger partial charge in [0.05, 0.1) is 6.61 Å². The van der Waals surface area contributed by atoms with Gasteiger partial charge in [0.15, 0.2) is 0 Å². The first-order valence-corrected chi connectivity index (χ1v) is 24.0. The third kappa shape index (κ3) is 37.3. The van der Waals surface area contributed by atoms with Gasteiger partial charge in [-0.2, -0.15) is 0 Å². The van der Waals surface area contributed by atoms with Crippen LogP contribution in [-0.2, 0) is 28.6 Å². The van der Waals surface area contributed by atoms with Gasteiger partial charge in [0.2, 0.25) is 0 Å². The Labute approximate surface area is 336 Å². The van der Waals surface area contributed by atoms with Gasteiger partial charge in [-0.1, -0.05) is 201 Å². The van der Waals surface area contributed by atoms with Crippen LogP contribution in [0.3, 0.4) is 0 Å². The normalized spacial score (nSPS) is 12.4. The molecule has 0 aliphatic rings. The van der Waals surface area contributed by atoms with Crippen LogP contribution in [0.25, 0.3) is 0 Å². The first-order chi connectivity index (χ1) is 26.5. The van der Waals surface area contributed by atoms with Crippen molar-refractivity contribution in [3.8, 4) is 0 Å². The van der Waals surface area contributed by atoms with Crippen molar-refractivity contribution in [1.29, 1.82) is 0 Å². The monoisotopic (exact) mass is 765 g/mol. The summed E-state index contributed by atoms with van der Waals surface area (Å²) in [6, 6.07) is 0. The first-order valence-electron chi connectivity index (χ1n) is 24.0. The van der Waals surface area contributed by atoms with Crippen LogP contribution in [0.1, 0.15) is 272 Å². The number of ether oxygens (including phenoxy) is 3. The van der Waals surface area contributed by atoms with E-state index in [-0.39, 0.29) is 30.1 Å². The lowest BCUT2D eigenvalue weighted by atomic mass is 9.99. The average molecular weight is 765 g/mol. The molecule has 6 nitrogen and oxygen atoms in total. The van der Waals surface area contributed by atoms with E-state index < -0.39 is 0 Å². The fourth-order valence-corrected chi connectivity index (χ4v) is 7.31. The van der Waals surface area contributed by atoms with Crippen molar-refractivity contribution in [3.05, 3.63) is 0 Å². The Morgan fingerprint density at radius 2 is 0.574 bits per heavy atom. The van der Waals surface area contributed by atoms with Crippen molar-refractivity contribution in [2.24, 2.45) is 0 Å². The second kappa shape index (κ2) is 42.6. The molecule has 0 aromatic carbocycles. The Hall–Kier alpha value is -1.59. The molecular weight excluding hydrogens is 673 g/mol. The van der Waals surface area contributed by atoms with Crippen molar-refractivity contribution in [1.82, 2.24) is 0 Å². The van der Waals surface area contributed by atoms with Gasteiger partial charge in [-0.05, 0) is 51.4 Å². The summed E-state index contributed by atoms with van der Waals surface area (Å²) in [7, 11) is 0. The Bertz CT molecular complexity index is 813. The Morgan fingerprint density at radius 3 is 0.907 bits per heavy atom. The number of unbranched alkanes of at least 4 members (excludes halogenated alkanes) is 28. The molecule has 0 aliphatic heterocycles. The van der Waals surface area contributed by atoms with Crippen molar-refractivity contribution in [3.63, 3.8) is 0 Å². The van der Waals surface area contributed by atoms with Gasteiger partial charge in [-0.3, -0.25) is 14.4 Å². The van der Waals surface area contributed by atoms with Gasteiger partial charge in [-0.25, -0.2) is 0 Å². The molecule has 0 aromatic rings. The number of rotatable bonds is 43. The van der Waals surface area contributed by atoms with Crippen LogP contribution in [0.4, 0.5) is 0 Å². The van der Waals surface area contributed by atoms with Crippen LogP contribution in [0.15, 0.2) is 0 Å². The summed E-state index contributed by atoms with van der Waals surface area (Å²) in [5.74, 6) is -0.309. The summed E-state index contributed by atoms with van der Waals surface area (Å²) in [6.07, 6.45) is 40.3. The minimum atomic E-state index is -0.369. The lowest BCUT2D eigenvalue weighted by Crippen LogP contribution is -2.35. The quantitative estimate of drug-likeness (QED) is 0.0349. The van der Waals surface area contributed by atoms with Crippen molar-refractivity contribution < 1.29 is 28.6 Å². The van der Waals surface area contributed by atoms with Crippen LogP contribution in [0.2, 0.25) is 0 Å². The van der Waals surface area contributed by atoms with E-state index >= 15 is 0 Å². The highest BCUT2D eigenvalue weighted by Gasteiger charge is 2.28. The molecule has 0 saturated carbocycles. The van der Waals surface area contributed by atoms with E-state index in [1.807, 2.05) is 0 Å². The summed E-state index contributed by atoms with van der Waals surface area (Å²) in [5, 5.41) is 0. The number of hydrogen-bond acceptors (Lipinski definition) is 6. The number of esters is 3. The summed E-state index contributed by atoms with van der Waals surface area (Å²) in [6.45, 7) is 9.47. The molecule has 0 radical (unpaired) electrons. The molecule has 0 rings (SSSR count). The van der Waals surface area contributed by atoms with E-state index in [1.165, 1.54) is 122 Å².